The fourth-order valence-corrected chi connectivity index (χ4v) is 2.26. The Bertz CT molecular complexity index is 597. The molecule has 1 N–H and O–H groups in total. The summed E-state index contributed by atoms with van der Waals surface area (Å²) < 4.78 is 10.2. The molecule has 0 amide bonds. The van der Waals surface area contributed by atoms with Crippen LogP contribution in [0.2, 0.25) is 0 Å². The molecule has 7 heteroatoms. The molecule has 1 aliphatic heterocycles. The van der Waals surface area contributed by atoms with Gasteiger partial charge >= 0.3 is 5.97 Å². The maximum atomic E-state index is 11.8. The standard InChI is InChI=1S/C12H14N4O3/c1-18-12(17)10-7-19-5-4-16(10)11-8-2-3-13-6-9(8)14-15-11/h2-3,6,10H,4-5,7H2,1H3,(H,14,15)/t10-/m1/s1. The molecule has 1 fully saturated rings. The van der Waals surface area contributed by atoms with Crippen molar-refractivity contribution in [1.29, 1.82) is 0 Å². The molecule has 1 aliphatic rings. The fraction of sp³-hybridized carbons (Fsp3) is 0.417. The van der Waals surface area contributed by atoms with Crippen LogP contribution >= 0.6 is 0 Å². The number of carbonyl (C=O) groups is 1. The predicted octanol–water partition coefficient (Wildman–Crippen LogP) is 0.336. The summed E-state index contributed by atoms with van der Waals surface area (Å²) >= 11 is 0. The summed E-state index contributed by atoms with van der Waals surface area (Å²) in [5.41, 5.74) is 0.840. The van der Waals surface area contributed by atoms with E-state index in [1.165, 1.54) is 7.11 Å². The second-order valence-corrected chi connectivity index (χ2v) is 4.28. The lowest BCUT2D eigenvalue weighted by Gasteiger charge is -2.33. The number of fused-ring (bicyclic) bond motifs is 1. The van der Waals surface area contributed by atoms with Crippen molar-refractivity contribution < 1.29 is 14.3 Å². The summed E-state index contributed by atoms with van der Waals surface area (Å²) in [6.45, 7) is 1.47. The van der Waals surface area contributed by atoms with Crippen molar-refractivity contribution in [3.05, 3.63) is 18.5 Å². The average molecular weight is 262 g/mol. The minimum Gasteiger partial charge on any atom is -0.467 e. The smallest absolute Gasteiger partial charge is 0.330 e. The van der Waals surface area contributed by atoms with E-state index in [9.17, 15) is 4.79 Å². The molecule has 3 heterocycles. The Morgan fingerprint density at radius 3 is 3.37 bits per heavy atom. The lowest BCUT2D eigenvalue weighted by Crippen LogP contribution is -2.50. The Morgan fingerprint density at radius 2 is 2.53 bits per heavy atom. The maximum Gasteiger partial charge on any atom is 0.330 e. The van der Waals surface area contributed by atoms with Gasteiger partial charge in [-0.25, -0.2) is 4.79 Å². The molecule has 100 valence electrons. The van der Waals surface area contributed by atoms with Crippen LogP contribution in [0, 0.1) is 0 Å². The van der Waals surface area contributed by atoms with Gasteiger partial charge in [-0.15, -0.1) is 0 Å². The fourth-order valence-electron chi connectivity index (χ4n) is 2.26. The largest absolute Gasteiger partial charge is 0.467 e. The van der Waals surface area contributed by atoms with E-state index in [0.29, 0.717) is 19.8 Å². The average Bonchev–Trinajstić information content (AvgIpc) is 2.90. The third kappa shape index (κ3) is 2.01. The van der Waals surface area contributed by atoms with E-state index in [1.807, 2.05) is 11.0 Å². The van der Waals surface area contributed by atoms with Crippen molar-refractivity contribution in [3.63, 3.8) is 0 Å². The Morgan fingerprint density at radius 1 is 1.63 bits per heavy atom. The summed E-state index contributed by atoms with van der Waals surface area (Å²) in [6.07, 6.45) is 3.41. The normalized spacial score (nSPS) is 19.6. The summed E-state index contributed by atoms with van der Waals surface area (Å²) in [4.78, 5) is 17.8. The topological polar surface area (TPSA) is 80.3 Å². The molecule has 7 nitrogen and oxygen atoms in total. The molecule has 0 bridgehead atoms. The molecule has 1 saturated heterocycles. The highest BCUT2D eigenvalue weighted by Crippen LogP contribution is 2.26. The summed E-state index contributed by atoms with van der Waals surface area (Å²) in [5.74, 6) is 0.418. The highest BCUT2D eigenvalue weighted by Gasteiger charge is 2.32. The monoisotopic (exact) mass is 262 g/mol. The van der Waals surface area contributed by atoms with E-state index in [2.05, 4.69) is 15.2 Å². The van der Waals surface area contributed by atoms with Gasteiger partial charge in [-0.05, 0) is 6.07 Å². The zero-order valence-corrected chi connectivity index (χ0v) is 10.5. The third-order valence-corrected chi connectivity index (χ3v) is 3.22. The van der Waals surface area contributed by atoms with Crippen molar-refractivity contribution in [1.82, 2.24) is 15.2 Å². The minimum absolute atomic E-state index is 0.312. The van der Waals surface area contributed by atoms with Gasteiger partial charge in [-0.2, -0.15) is 5.10 Å². The minimum atomic E-state index is -0.460. The van der Waals surface area contributed by atoms with Gasteiger partial charge in [0.2, 0.25) is 0 Å². The van der Waals surface area contributed by atoms with Crippen molar-refractivity contribution >= 4 is 22.7 Å². The number of rotatable bonds is 2. The Balaban J connectivity index is 2.00. The quantitative estimate of drug-likeness (QED) is 0.786. The van der Waals surface area contributed by atoms with Crippen LogP contribution in [0.4, 0.5) is 5.82 Å². The van der Waals surface area contributed by atoms with E-state index in [1.54, 1.807) is 12.4 Å². The number of nitrogens with one attached hydrogen (secondary N) is 1. The molecule has 0 radical (unpaired) electrons. The Hall–Kier alpha value is -2.15. The van der Waals surface area contributed by atoms with Gasteiger partial charge in [-0.3, -0.25) is 10.1 Å². The lowest BCUT2D eigenvalue weighted by molar-refractivity contribution is -0.144. The van der Waals surface area contributed by atoms with Crippen molar-refractivity contribution in [2.75, 3.05) is 31.8 Å². The third-order valence-electron chi connectivity index (χ3n) is 3.22. The number of carbonyl (C=O) groups excluding carboxylic acids is 1. The van der Waals surface area contributed by atoms with Gasteiger partial charge in [0.1, 0.15) is 0 Å². The van der Waals surface area contributed by atoms with Crippen LogP contribution in [0.25, 0.3) is 10.9 Å². The zero-order chi connectivity index (χ0) is 13.2. The Labute approximate surface area is 109 Å². The van der Waals surface area contributed by atoms with Gasteiger partial charge in [0.15, 0.2) is 11.9 Å². The van der Waals surface area contributed by atoms with Crippen molar-refractivity contribution in [2.24, 2.45) is 0 Å². The number of aromatic amines is 1. The summed E-state index contributed by atoms with van der Waals surface area (Å²) in [5, 5.41) is 8.14. The molecular weight excluding hydrogens is 248 g/mol. The number of aromatic nitrogens is 3. The SMILES string of the molecule is COC(=O)[C@H]1COCCN1c1n[nH]c2cnccc12. The molecule has 1 atom stereocenters. The van der Waals surface area contributed by atoms with Gasteiger partial charge in [-0.1, -0.05) is 0 Å². The predicted molar refractivity (Wildman–Crippen MR) is 67.9 cm³/mol. The number of methoxy groups -OCH3 is 1. The number of H-pyrrole nitrogens is 1. The number of esters is 1. The van der Waals surface area contributed by atoms with E-state index < -0.39 is 6.04 Å². The van der Waals surface area contributed by atoms with Crippen molar-refractivity contribution in [2.45, 2.75) is 6.04 Å². The number of hydrogen-bond acceptors (Lipinski definition) is 6. The van der Waals surface area contributed by atoms with E-state index in [-0.39, 0.29) is 5.97 Å². The summed E-state index contributed by atoms with van der Waals surface area (Å²) in [7, 11) is 1.38. The summed E-state index contributed by atoms with van der Waals surface area (Å²) in [6, 6.07) is 1.41. The van der Waals surface area contributed by atoms with E-state index in [0.717, 1.165) is 16.7 Å². The van der Waals surface area contributed by atoms with Crippen LogP contribution in [0.1, 0.15) is 0 Å². The Kier molecular flexibility index (Phi) is 3.04. The molecule has 0 saturated carbocycles. The molecule has 19 heavy (non-hydrogen) atoms. The van der Waals surface area contributed by atoms with Gasteiger partial charge in [0.05, 0.1) is 32.0 Å². The first-order valence-corrected chi connectivity index (χ1v) is 6.01. The van der Waals surface area contributed by atoms with Gasteiger partial charge in [0.25, 0.3) is 0 Å². The first kappa shape index (κ1) is 11.9. The molecule has 0 spiro atoms. The molecule has 0 aromatic carbocycles. The first-order valence-electron chi connectivity index (χ1n) is 6.01. The van der Waals surface area contributed by atoms with Crippen LogP contribution in [-0.2, 0) is 14.3 Å². The van der Waals surface area contributed by atoms with Gasteiger partial charge in [0, 0.05) is 18.1 Å². The van der Waals surface area contributed by atoms with Crippen LogP contribution in [0.15, 0.2) is 18.5 Å². The van der Waals surface area contributed by atoms with Crippen LogP contribution < -0.4 is 4.90 Å². The van der Waals surface area contributed by atoms with Crippen molar-refractivity contribution in [3.8, 4) is 0 Å². The number of anilines is 1. The number of pyridine rings is 1. The highest BCUT2D eigenvalue weighted by molar-refractivity contribution is 5.92. The van der Waals surface area contributed by atoms with Crippen LogP contribution in [0.3, 0.4) is 0 Å². The molecule has 2 aromatic heterocycles. The second kappa shape index (κ2) is 4.85. The number of nitrogens with zero attached hydrogens (tertiary/aromatic N) is 3. The number of hydrogen-bond donors (Lipinski definition) is 1. The zero-order valence-electron chi connectivity index (χ0n) is 10.5. The highest BCUT2D eigenvalue weighted by atomic mass is 16.5. The van der Waals surface area contributed by atoms with E-state index >= 15 is 0 Å². The molecule has 0 aliphatic carbocycles. The lowest BCUT2D eigenvalue weighted by atomic mass is 10.2. The van der Waals surface area contributed by atoms with Crippen LogP contribution in [0.5, 0.6) is 0 Å². The molecule has 2 aromatic rings. The molecule has 0 unspecified atom stereocenters. The van der Waals surface area contributed by atoms with E-state index in [4.69, 9.17) is 9.47 Å². The molecular formula is C12H14N4O3. The van der Waals surface area contributed by atoms with Crippen LogP contribution in [-0.4, -0.2) is 54.1 Å². The number of ether oxygens (including phenoxy) is 2. The maximum absolute atomic E-state index is 11.8. The van der Waals surface area contributed by atoms with Gasteiger partial charge < -0.3 is 14.4 Å². The second-order valence-electron chi connectivity index (χ2n) is 4.28. The molecule has 3 rings (SSSR count). The number of morpholine rings is 1. The first-order chi connectivity index (χ1) is 9.31.